The number of rotatable bonds is 7. The van der Waals surface area contributed by atoms with Crippen LogP contribution < -0.4 is 20.9 Å². The van der Waals surface area contributed by atoms with Crippen LogP contribution in [0.5, 0.6) is 5.75 Å². The fraction of sp³-hybridized carbons (Fsp3) is 0.400. The molecule has 0 aliphatic carbocycles. The first-order valence-electron chi connectivity index (χ1n) is 7.27. The van der Waals surface area contributed by atoms with Gasteiger partial charge in [-0.1, -0.05) is 6.92 Å². The first kappa shape index (κ1) is 18.9. The van der Waals surface area contributed by atoms with E-state index < -0.39 is 0 Å². The second-order valence-corrected chi connectivity index (χ2v) is 4.87. The van der Waals surface area contributed by atoms with E-state index in [1.54, 1.807) is 31.2 Å². The largest absolute Gasteiger partial charge is 0.494 e. The van der Waals surface area contributed by atoms with Crippen LogP contribution in [-0.4, -0.2) is 36.7 Å². The van der Waals surface area contributed by atoms with Gasteiger partial charge in [0.05, 0.1) is 6.61 Å². The molecule has 0 aromatic heterocycles. The fourth-order valence-corrected chi connectivity index (χ4v) is 1.63. The summed E-state index contributed by atoms with van der Waals surface area (Å²) in [6.07, 6.45) is 0.914. The van der Waals surface area contributed by atoms with Crippen molar-refractivity contribution in [1.82, 2.24) is 16.2 Å². The topological polar surface area (TPSA) is 88.7 Å². The molecule has 23 heavy (non-hydrogen) atoms. The Morgan fingerprint density at radius 2 is 1.83 bits per heavy atom. The summed E-state index contributed by atoms with van der Waals surface area (Å²) in [7, 11) is 0. The van der Waals surface area contributed by atoms with E-state index in [9.17, 15) is 9.59 Å². The van der Waals surface area contributed by atoms with Crippen molar-refractivity contribution in [3.63, 3.8) is 0 Å². The third-order valence-electron chi connectivity index (χ3n) is 2.57. The Balaban J connectivity index is 2.39. The quantitative estimate of drug-likeness (QED) is 0.510. The Kier molecular flexibility index (Phi) is 8.63. The van der Waals surface area contributed by atoms with Gasteiger partial charge >= 0.3 is 0 Å². The number of benzene rings is 1. The highest BCUT2D eigenvalue weighted by Gasteiger charge is 2.08. The van der Waals surface area contributed by atoms with Crippen molar-refractivity contribution in [3.8, 4) is 5.75 Å². The maximum absolute atomic E-state index is 12.0. The Bertz CT molecular complexity index is 534. The van der Waals surface area contributed by atoms with E-state index in [1.807, 2.05) is 6.92 Å². The van der Waals surface area contributed by atoms with Gasteiger partial charge in [0, 0.05) is 12.2 Å². The summed E-state index contributed by atoms with van der Waals surface area (Å²) >= 11 is 4.92. The molecular weight excluding hydrogens is 318 g/mol. The lowest BCUT2D eigenvalue weighted by atomic mass is 10.2. The minimum absolute atomic E-state index is 0.00819. The summed E-state index contributed by atoms with van der Waals surface area (Å²) < 4.78 is 10.4. The molecule has 0 bridgehead atoms. The van der Waals surface area contributed by atoms with E-state index in [-0.39, 0.29) is 23.5 Å². The maximum Gasteiger partial charge on any atom is 0.264 e. The van der Waals surface area contributed by atoms with E-state index in [2.05, 4.69) is 16.2 Å². The molecule has 0 atom stereocenters. The van der Waals surface area contributed by atoms with Gasteiger partial charge in [-0.25, -0.2) is 0 Å². The average Bonchev–Trinajstić information content (AvgIpc) is 2.56. The zero-order valence-corrected chi connectivity index (χ0v) is 14.0. The zero-order chi connectivity index (χ0) is 17.1. The smallest absolute Gasteiger partial charge is 0.264 e. The Hall–Kier alpha value is -2.19. The molecule has 0 fully saturated rings. The summed E-state index contributed by atoms with van der Waals surface area (Å²) in [5.41, 5.74) is 5.17. The van der Waals surface area contributed by atoms with Crippen LogP contribution >= 0.6 is 12.2 Å². The lowest BCUT2D eigenvalue weighted by molar-refractivity contribution is -0.126. The van der Waals surface area contributed by atoms with Crippen LogP contribution in [0.25, 0.3) is 0 Å². The molecule has 0 spiro atoms. The number of nitrogens with one attached hydrogen (secondary N) is 3. The average molecular weight is 339 g/mol. The number of ether oxygens (including phenoxy) is 2. The molecule has 126 valence electrons. The predicted octanol–water partition coefficient (Wildman–Crippen LogP) is 1.15. The Morgan fingerprint density at radius 3 is 2.43 bits per heavy atom. The van der Waals surface area contributed by atoms with Crippen molar-refractivity contribution < 1.29 is 19.1 Å². The third kappa shape index (κ3) is 7.57. The maximum atomic E-state index is 12.0. The minimum Gasteiger partial charge on any atom is -0.494 e. The fourth-order valence-electron chi connectivity index (χ4n) is 1.49. The Morgan fingerprint density at radius 1 is 1.13 bits per heavy atom. The molecule has 3 N–H and O–H groups in total. The highest BCUT2D eigenvalue weighted by atomic mass is 32.1. The summed E-state index contributed by atoms with van der Waals surface area (Å²) in [5.74, 6) is -0.0724. The SMILES string of the molecule is CCCOc1ccc(C(=O)NC(=S)NNC(=O)COCC)cc1. The number of hydrazine groups is 1. The molecule has 0 unspecified atom stereocenters. The van der Waals surface area contributed by atoms with Gasteiger partial charge in [0.1, 0.15) is 12.4 Å². The van der Waals surface area contributed by atoms with Crippen molar-refractivity contribution in [1.29, 1.82) is 0 Å². The molecule has 8 heteroatoms. The van der Waals surface area contributed by atoms with E-state index in [4.69, 9.17) is 21.7 Å². The third-order valence-corrected chi connectivity index (χ3v) is 2.77. The number of thiocarbonyl (C=S) groups is 1. The van der Waals surface area contributed by atoms with Gasteiger partial charge in [0.2, 0.25) is 0 Å². The van der Waals surface area contributed by atoms with Gasteiger partial charge < -0.3 is 9.47 Å². The van der Waals surface area contributed by atoms with Gasteiger partial charge in [-0.15, -0.1) is 0 Å². The van der Waals surface area contributed by atoms with Crippen molar-refractivity contribution in [2.24, 2.45) is 0 Å². The van der Waals surface area contributed by atoms with Gasteiger partial charge in [0.25, 0.3) is 11.8 Å². The number of carbonyl (C=O) groups excluding carboxylic acids is 2. The summed E-state index contributed by atoms with van der Waals surface area (Å²) in [5, 5.41) is 2.45. The van der Waals surface area contributed by atoms with E-state index >= 15 is 0 Å². The lowest BCUT2D eigenvalue weighted by Gasteiger charge is -2.11. The standard InChI is InChI=1S/C15H21N3O4S/c1-3-9-22-12-7-5-11(6-8-12)14(20)16-15(23)18-17-13(19)10-21-4-2/h5-8H,3-4,9-10H2,1-2H3,(H,17,19)(H2,16,18,20,23). The molecular formula is C15H21N3O4S. The molecule has 7 nitrogen and oxygen atoms in total. The van der Waals surface area contributed by atoms with Crippen LogP contribution in [0.2, 0.25) is 0 Å². The van der Waals surface area contributed by atoms with Crippen LogP contribution in [0.15, 0.2) is 24.3 Å². The highest BCUT2D eigenvalue weighted by molar-refractivity contribution is 7.80. The molecule has 0 heterocycles. The number of hydrogen-bond acceptors (Lipinski definition) is 5. The van der Waals surface area contributed by atoms with E-state index in [1.165, 1.54) is 0 Å². The molecule has 1 aromatic carbocycles. The molecule has 0 saturated heterocycles. The van der Waals surface area contributed by atoms with Crippen LogP contribution in [-0.2, 0) is 9.53 Å². The van der Waals surface area contributed by atoms with E-state index in [0.717, 1.165) is 6.42 Å². The molecule has 0 saturated carbocycles. The monoisotopic (exact) mass is 339 g/mol. The Labute approximate surface area is 140 Å². The highest BCUT2D eigenvalue weighted by Crippen LogP contribution is 2.12. The molecule has 1 rings (SSSR count). The van der Waals surface area contributed by atoms with Crippen LogP contribution in [0, 0.1) is 0 Å². The minimum atomic E-state index is -0.388. The lowest BCUT2D eigenvalue weighted by Crippen LogP contribution is -2.49. The molecule has 2 amide bonds. The predicted molar refractivity (Wildman–Crippen MR) is 90.1 cm³/mol. The second kappa shape index (κ2) is 10.5. The van der Waals surface area contributed by atoms with Gasteiger partial charge in [0.15, 0.2) is 5.11 Å². The number of carbonyl (C=O) groups is 2. The summed E-state index contributed by atoms with van der Waals surface area (Å²) in [4.78, 5) is 23.3. The number of hydrogen-bond donors (Lipinski definition) is 3. The first-order chi connectivity index (χ1) is 11.1. The molecule has 0 aliphatic heterocycles. The van der Waals surface area contributed by atoms with Crippen molar-refractivity contribution in [2.45, 2.75) is 20.3 Å². The van der Waals surface area contributed by atoms with Crippen molar-refractivity contribution in [3.05, 3.63) is 29.8 Å². The van der Waals surface area contributed by atoms with Crippen LogP contribution in [0.4, 0.5) is 0 Å². The molecule has 0 aliphatic rings. The van der Waals surface area contributed by atoms with Crippen LogP contribution in [0.3, 0.4) is 0 Å². The van der Waals surface area contributed by atoms with Gasteiger partial charge in [-0.2, -0.15) is 0 Å². The zero-order valence-electron chi connectivity index (χ0n) is 13.2. The van der Waals surface area contributed by atoms with Gasteiger partial charge in [-0.05, 0) is 49.8 Å². The normalized spacial score (nSPS) is 9.83. The van der Waals surface area contributed by atoms with Gasteiger partial charge in [-0.3, -0.25) is 25.8 Å². The second-order valence-electron chi connectivity index (χ2n) is 4.47. The first-order valence-corrected chi connectivity index (χ1v) is 7.68. The molecule has 1 aromatic rings. The van der Waals surface area contributed by atoms with Crippen LogP contribution in [0.1, 0.15) is 30.6 Å². The summed E-state index contributed by atoms with van der Waals surface area (Å²) in [6, 6.07) is 6.70. The number of amides is 2. The van der Waals surface area contributed by atoms with Crippen molar-refractivity contribution in [2.75, 3.05) is 19.8 Å². The van der Waals surface area contributed by atoms with E-state index in [0.29, 0.717) is 24.5 Å². The van der Waals surface area contributed by atoms with Crippen molar-refractivity contribution >= 4 is 29.1 Å². The summed E-state index contributed by atoms with van der Waals surface area (Å²) in [6.45, 7) is 4.78. The molecule has 0 radical (unpaired) electrons.